The predicted octanol–water partition coefficient (Wildman–Crippen LogP) is 1.83. The van der Waals surface area contributed by atoms with Gasteiger partial charge >= 0.3 is 0 Å². The number of morpholine rings is 1. The Balaban J connectivity index is 1.43. The number of nitrogens with zero attached hydrogens (tertiary/aromatic N) is 3. The molecule has 0 aromatic carbocycles. The van der Waals surface area contributed by atoms with E-state index >= 15 is 0 Å². The smallest absolute Gasteiger partial charge is 0.272 e. The van der Waals surface area contributed by atoms with Crippen LogP contribution in [0.15, 0.2) is 47.2 Å². The number of pyridine rings is 1. The van der Waals surface area contributed by atoms with E-state index in [1.165, 1.54) is 0 Å². The average molecular weight is 353 g/mol. The summed E-state index contributed by atoms with van der Waals surface area (Å²) in [6.07, 6.45) is 3.34. The van der Waals surface area contributed by atoms with E-state index in [-0.39, 0.29) is 5.91 Å². The molecule has 1 fully saturated rings. The highest BCUT2D eigenvalue weighted by Gasteiger charge is 2.17. The molecule has 4 heterocycles. The Morgan fingerprint density at radius 2 is 2.15 bits per heavy atom. The Morgan fingerprint density at radius 1 is 1.27 bits per heavy atom. The third-order valence-corrected chi connectivity index (χ3v) is 4.21. The highest BCUT2D eigenvalue weighted by atomic mass is 16.5. The minimum Gasteiger partial charge on any atom is -0.463 e. The zero-order valence-corrected chi connectivity index (χ0v) is 14.1. The van der Waals surface area contributed by atoms with Gasteiger partial charge in [-0.2, -0.15) is 5.10 Å². The first kappa shape index (κ1) is 16.3. The highest BCUT2D eigenvalue weighted by Crippen LogP contribution is 2.19. The van der Waals surface area contributed by atoms with Gasteiger partial charge in [-0.25, -0.2) is 4.98 Å². The van der Waals surface area contributed by atoms with Crippen molar-refractivity contribution in [3.05, 3.63) is 54.0 Å². The predicted molar refractivity (Wildman–Crippen MR) is 94.7 cm³/mol. The Kier molecular flexibility index (Phi) is 4.65. The summed E-state index contributed by atoms with van der Waals surface area (Å²) in [5.74, 6) is 1.27. The topological polar surface area (TPSA) is 96.3 Å². The van der Waals surface area contributed by atoms with Crippen LogP contribution in [0.5, 0.6) is 0 Å². The number of aromatic amines is 1. The van der Waals surface area contributed by atoms with Gasteiger partial charge in [-0.3, -0.25) is 9.89 Å². The second-order valence-electron chi connectivity index (χ2n) is 5.91. The van der Waals surface area contributed by atoms with Crippen LogP contribution in [0.3, 0.4) is 0 Å². The van der Waals surface area contributed by atoms with Crippen molar-refractivity contribution < 1.29 is 13.9 Å². The van der Waals surface area contributed by atoms with Crippen molar-refractivity contribution in [3.63, 3.8) is 0 Å². The van der Waals surface area contributed by atoms with Crippen LogP contribution in [0.4, 0.5) is 5.82 Å². The molecule has 0 unspecified atom stereocenters. The molecule has 8 heteroatoms. The number of furan rings is 1. The molecule has 3 aromatic rings. The van der Waals surface area contributed by atoms with Crippen molar-refractivity contribution in [2.24, 2.45) is 0 Å². The lowest BCUT2D eigenvalue weighted by Gasteiger charge is -2.29. The Bertz CT molecular complexity index is 869. The van der Waals surface area contributed by atoms with E-state index in [1.807, 2.05) is 12.1 Å². The fraction of sp³-hybridized carbons (Fsp3) is 0.278. The summed E-state index contributed by atoms with van der Waals surface area (Å²) in [6, 6.07) is 9.09. The molecule has 0 saturated carbocycles. The molecule has 1 aliphatic heterocycles. The van der Waals surface area contributed by atoms with E-state index in [4.69, 9.17) is 9.15 Å². The van der Waals surface area contributed by atoms with E-state index in [0.717, 1.165) is 24.5 Å². The number of carbonyl (C=O) groups is 1. The standard InChI is InChI=1S/C18H19N5O3/c24-18(15-11-14(21-22-15)16-4-2-8-26-16)20-12-13-3-1-5-19-17(13)23-6-9-25-10-7-23/h1-5,8,11H,6-7,9-10,12H2,(H,20,24)(H,21,22). The monoisotopic (exact) mass is 353 g/mol. The van der Waals surface area contributed by atoms with Gasteiger partial charge in [-0.15, -0.1) is 0 Å². The molecule has 8 nitrogen and oxygen atoms in total. The zero-order chi connectivity index (χ0) is 17.8. The minimum atomic E-state index is -0.254. The number of H-pyrrole nitrogens is 1. The summed E-state index contributed by atoms with van der Waals surface area (Å²) in [4.78, 5) is 19.1. The molecule has 2 N–H and O–H groups in total. The molecule has 1 amide bonds. The SMILES string of the molecule is O=C(NCc1cccnc1N1CCOCC1)c1cc(-c2ccco2)[nH]n1. The highest BCUT2D eigenvalue weighted by molar-refractivity contribution is 5.93. The molecular formula is C18H19N5O3. The van der Waals surface area contributed by atoms with Crippen LogP contribution in [0.2, 0.25) is 0 Å². The molecular weight excluding hydrogens is 334 g/mol. The molecule has 1 saturated heterocycles. The fourth-order valence-corrected chi connectivity index (χ4v) is 2.89. The summed E-state index contributed by atoms with van der Waals surface area (Å²) < 4.78 is 10.7. The van der Waals surface area contributed by atoms with Crippen molar-refractivity contribution in [2.75, 3.05) is 31.2 Å². The molecule has 0 radical (unpaired) electrons. The fourth-order valence-electron chi connectivity index (χ4n) is 2.89. The first-order valence-electron chi connectivity index (χ1n) is 8.45. The summed E-state index contributed by atoms with van der Waals surface area (Å²) in [7, 11) is 0. The summed E-state index contributed by atoms with van der Waals surface area (Å²) in [6.45, 7) is 3.34. The summed E-state index contributed by atoms with van der Waals surface area (Å²) >= 11 is 0. The number of hydrogen-bond donors (Lipinski definition) is 2. The minimum absolute atomic E-state index is 0.254. The van der Waals surface area contributed by atoms with Gasteiger partial charge < -0.3 is 19.4 Å². The lowest BCUT2D eigenvalue weighted by atomic mass is 10.2. The third kappa shape index (κ3) is 3.45. The van der Waals surface area contributed by atoms with Crippen molar-refractivity contribution in [3.8, 4) is 11.5 Å². The lowest BCUT2D eigenvalue weighted by molar-refractivity contribution is 0.0945. The van der Waals surface area contributed by atoms with Crippen molar-refractivity contribution in [1.82, 2.24) is 20.5 Å². The number of hydrogen-bond acceptors (Lipinski definition) is 6. The molecule has 0 aliphatic carbocycles. The largest absolute Gasteiger partial charge is 0.463 e. The van der Waals surface area contributed by atoms with Crippen LogP contribution in [0.1, 0.15) is 16.1 Å². The van der Waals surface area contributed by atoms with Gasteiger partial charge in [0.05, 0.1) is 19.5 Å². The van der Waals surface area contributed by atoms with Gasteiger partial charge in [0.15, 0.2) is 11.5 Å². The number of anilines is 1. The Labute approximate surface area is 150 Å². The van der Waals surface area contributed by atoms with Gasteiger partial charge in [0.1, 0.15) is 11.5 Å². The van der Waals surface area contributed by atoms with E-state index in [9.17, 15) is 4.79 Å². The molecule has 3 aromatic heterocycles. The van der Waals surface area contributed by atoms with E-state index < -0.39 is 0 Å². The average Bonchev–Trinajstić information content (AvgIpc) is 3.38. The maximum atomic E-state index is 12.4. The van der Waals surface area contributed by atoms with E-state index in [2.05, 4.69) is 25.4 Å². The normalized spacial score (nSPS) is 14.4. The van der Waals surface area contributed by atoms with Crippen LogP contribution in [0, 0.1) is 0 Å². The van der Waals surface area contributed by atoms with Gasteiger partial charge in [0.25, 0.3) is 5.91 Å². The number of rotatable bonds is 5. The van der Waals surface area contributed by atoms with Crippen LogP contribution in [0.25, 0.3) is 11.5 Å². The van der Waals surface area contributed by atoms with E-state index in [0.29, 0.717) is 36.9 Å². The number of nitrogens with one attached hydrogen (secondary N) is 2. The first-order valence-corrected chi connectivity index (χ1v) is 8.45. The van der Waals surface area contributed by atoms with Gasteiger partial charge in [-0.1, -0.05) is 6.07 Å². The first-order chi connectivity index (χ1) is 12.8. The van der Waals surface area contributed by atoms with Crippen LogP contribution < -0.4 is 10.2 Å². The van der Waals surface area contributed by atoms with Gasteiger partial charge in [0, 0.05) is 37.5 Å². The van der Waals surface area contributed by atoms with Crippen LogP contribution >= 0.6 is 0 Å². The van der Waals surface area contributed by atoms with Crippen LogP contribution in [-0.2, 0) is 11.3 Å². The Morgan fingerprint density at radius 3 is 2.96 bits per heavy atom. The summed E-state index contributed by atoms with van der Waals surface area (Å²) in [5.41, 5.74) is 1.94. The number of ether oxygens (including phenoxy) is 1. The molecule has 4 rings (SSSR count). The molecule has 0 atom stereocenters. The number of carbonyl (C=O) groups excluding carboxylic acids is 1. The molecule has 26 heavy (non-hydrogen) atoms. The van der Waals surface area contributed by atoms with Crippen molar-refractivity contribution >= 4 is 11.7 Å². The maximum absolute atomic E-state index is 12.4. The summed E-state index contributed by atoms with van der Waals surface area (Å²) in [5, 5.41) is 9.77. The molecule has 134 valence electrons. The second kappa shape index (κ2) is 7.40. The van der Waals surface area contributed by atoms with E-state index in [1.54, 1.807) is 30.7 Å². The molecule has 1 aliphatic rings. The molecule has 0 bridgehead atoms. The van der Waals surface area contributed by atoms with Crippen molar-refractivity contribution in [1.29, 1.82) is 0 Å². The van der Waals surface area contributed by atoms with Crippen molar-refractivity contribution in [2.45, 2.75) is 6.54 Å². The molecule has 0 spiro atoms. The maximum Gasteiger partial charge on any atom is 0.272 e. The lowest BCUT2D eigenvalue weighted by Crippen LogP contribution is -2.37. The quantitative estimate of drug-likeness (QED) is 0.726. The third-order valence-electron chi connectivity index (χ3n) is 4.21. The second-order valence-corrected chi connectivity index (χ2v) is 5.91. The van der Waals surface area contributed by atoms with Gasteiger partial charge in [-0.05, 0) is 18.2 Å². The van der Waals surface area contributed by atoms with Gasteiger partial charge in [0.2, 0.25) is 0 Å². The number of amides is 1. The number of aromatic nitrogens is 3. The Hall–Kier alpha value is -3.13. The zero-order valence-electron chi connectivity index (χ0n) is 14.1. The van der Waals surface area contributed by atoms with Crippen LogP contribution in [-0.4, -0.2) is 47.4 Å².